The van der Waals surface area contributed by atoms with Crippen LogP contribution in [0.15, 0.2) is 36.4 Å². The van der Waals surface area contributed by atoms with Crippen molar-refractivity contribution >= 4 is 29.4 Å². The van der Waals surface area contributed by atoms with Crippen molar-refractivity contribution < 1.29 is 28.7 Å². The summed E-state index contributed by atoms with van der Waals surface area (Å²) in [4.78, 5) is 51.6. The van der Waals surface area contributed by atoms with Gasteiger partial charge in [-0.3, -0.25) is 19.3 Å². The zero-order valence-corrected chi connectivity index (χ0v) is 19.3. The van der Waals surface area contributed by atoms with Crippen molar-refractivity contribution in [3.8, 4) is 0 Å². The van der Waals surface area contributed by atoms with E-state index in [9.17, 15) is 19.2 Å². The van der Waals surface area contributed by atoms with Crippen molar-refractivity contribution in [3.63, 3.8) is 0 Å². The molecule has 2 aromatic carbocycles. The zero-order valence-electron chi connectivity index (χ0n) is 19.3. The maximum absolute atomic E-state index is 12.7. The molecular weight excluding hydrogens is 424 g/mol. The molecule has 0 saturated heterocycles. The number of para-hydroxylation sites is 1. The number of benzene rings is 2. The van der Waals surface area contributed by atoms with E-state index in [1.165, 1.54) is 25.1 Å². The minimum absolute atomic E-state index is 0.0958. The molecule has 0 spiro atoms. The Morgan fingerprint density at radius 1 is 1.09 bits per heavy atom. The monoisotopic (exact) mass is 452 g/mol. The van der Waals surface area contributed by atoms with E-state index in [-0.39, 0.29) is 23.2 Å². The quantitative estimate of drug-likeness (QED) is 0.356. The Kier molecular flexibility index (Phi) is 7.60. The van der Waals surface area contributed by atoms with Crippen LogP contribution in [-0.4, -0.2) is 55.0 Å². The number of ether oxygens (including phenoxy) is 2. The van der Waals surface area contributed by atoms with Crippen molar-refractivity contribution in [1.82, 2.24) is 4.90 Å². The predicted molar refractivity (Wildman–Crippen MR) is 122 cm³/mol. The third-order valence-electron chi connectivity index (χ3n) is 5.58. The SMILES string of the molecule is CCc1cccc(C)c1NC(=O)C(C)OC(=O)c1ccc2c(c1)C(=O)N(CCCOC)C2=O. The van der Waals surface area contributed by atoms with Gasteiger partial charge in [-0.25, -0.2) is 4.79 Å². The fourth-order valence-corrected chi connectivity index (χ4v) is 3.70. The molecule has 0 aliphatic carbocycles. The average molecular weight is 453 g/mol. The summed E-state index contributed by atoms with van der Waals surface area (Å²) in [6, 6.07) is 9.95. The topological polar surface area (TPSA) is 102 Å². The van der Waals surface area contributed by atoms with Gasteiger partial charge in [-0.15, -0.1) is 0 Å². The molecule has 0 saturated carbocycles. The summed E-state index contributed by atoms with van der Waals surface area (Å²) < 4.78 is 10.3. The number of imide groups is 1. The molecule has 1 unspecified atom stereocenters. The van der Waals surface area contributed by atoms with Crippen molar-refractivity contribution in [1.29, 1.82) is 0 Å². The lowest BCUT2D eigenvalue weighted by molar-refractivity contribution is -0.123. The lowest BCUT2D eigenvalue weighted by Gasteiger charge is -2.17. The van der Waals surface area contributed by atoms with Crippen LogP contribution >= 0.6 is 0 Å². The molecule has 8 heteroatoms. The van der Waals surface area contributed by atoms with E-state index >= 15 is 0 Å². The lowest BCUT2D eigenvalue weighted by atomic mass is 10.1. The molecule has 1 heterocycles. The molecule has 1 aliphatic heterocycles. The molecule has 0 bridgehead atoms. The van der Waals surface area contributed by atoms with Gasteiger partial charge < -0.3 is 14.8 Å². The predicted octanol–water partition coefficient (Wildman–Crippen LogP) is 3.37. The summed E-state index contributed by atoms with van der Waals surface area (Å²) in [5, 5.41) is 2.84. The Morgan fingerprint density at radius 3 is 2.52 bits per heavy atom. The van der Waals surface area contributed by atoms with Gasteiger partial charge in [0.25, 0.3) is 17.7 Å². The standard InChI is InChI=1S/C25H28N2O6/c1-5-17-9-6-8-15(2)21(17)26-22(28)16(3)33-25(31)18-10-11-19-20(14-18)24(30)27(23(19)29)12-7-13-32-4/h6,8-11,14,16H,5,7,12-13H2,1-4H3,(H,26,28). The number of carbonyl (C=O) groups is 4. The maximum atomic E-state index is 12.7. The number of hydrogen-bond donors (Lipinski definition) is 1. The largest absolute Gasteiger partial charge is 0.449 e. The van der Waals surface area contributed by atoms with Gasteiger partial charge >= 0.3 is 5.97 Å². The van der Waals surface area contributed by atoms with E-state index in [0.717, 1.165) is 22.4 Å². The Balaban J connectivity index is 1.69. The third-order valence-corrected chi connectivity index (χ3v) is 5.58. The van der Waals surface area contributed by atoms with E-state index in [0.29, 0.717) is 18.7 Å². The van der Waals surface area contributed by atoms with Gasteiger partial charge in [0, 0.05) is 25.9 Å². The Hall–Kier alpha value is -3.52. The van der Waals surface area contributed by atoms with Crippen LogP contribution in [0.5, 0.6) is 0 Å². The Bertz CT molecular complexity index is 1090. The van der Waals surface area contributed by atoms with Crippen LogP contribution in [0, 0.1) is 6.92 Å². The number of carbonyl (C=O) groups excluding carboxylic acids is 4. The molecule has 2 aromatic rings. The first kappa shape index (κ1) is 24.1. The Labute approximate surface area is 192 Å². The first-order valence-corrected chi connectivity index (χ1v) is 10.9. The number of aryl methyl sites for hydroxylation is 2. The second-order valence-corrected chi connectivity index (χ2v) is 7.87. The van der Waals surface area contributed by atoms with E-state index in [1.807, 2.05) is 32.0 Å². The number of hydrogen-bond acceptors (Lipinski definition) is 6. The van der Waals surface area contributed by atoms with Gasteiger partial charge in [-0.05, 0) is 56.0 Å². The molecule has 3 rings (SSSR count). The highest BCUT2D eigenvalue weighted by molar-refractivity contribution is 6.22. The summed E-state index contributed by atoms with van der Waals surface area (Å²) in [5.41, 5.74) is 3.10. The molecule has 174 valence electrons. The van der Waals surface area contributed by atoms with Crippen molar-refractivity contribution in [2.24, 2.45) is 0 Å². The fraction of sp³-hybridized carbons (Fsp3) is 0.360. The number of esters is 1. The molecule has 33 heavy (non-hydrogen) atoms. The second kappa shape index (κ2) is 10.4. The molecule has 1 atom stereocenters. The van der Waals surface area contributed by atoms with Crippen LogP contribution in [0.25, 0.3) is 0 Å². The van der Waals surface area contributed by atoms with Crippen LogP contribution in [0.2, 0.25) is 0 Å². The smallest absolute Gasteiger partial charge is 0.338 e. The molecule has 1 N–H and O–H groups in total. The first-order valence-electron chi connectivity index (χ1n) is 10.9. The summed E-state index contributed by atoms with van der Waals surface area (Å²) in [5.74, 6) is -2.06. The maximum Gasteiger partial charge on any atom is 0.338 e. The number of nitrogens with zero attached hydrogens (tertiary/aromatic N) is 1. The molecule has 8 nitrogen and oxygen atoms in total. The first-order chi connectivity index (χ1) is 15.8. The number of fused-ring (bicyclic) bond motifs is 1. The molecular formula is C25H28N2O6. The Morgan fingerprint density at radius 2 is 1.82 bits per heavy atom. The number of amides is 3. The number of rotatable bonds is 9. The zero-order chi connectivity index (χ0) is 24.1. The average Bonchev–Trinajstić information content (AvgIpc) is 3.04. The van der Waals surface area contributed by atoms with Gasteiger partial charge in [0.15, 0.2) is 6.10 Å². The molecule has 3 amide bonds. The highest BCUT2D eigenvalue weighted by Gasteiger charge is 2.36. The highest BCUT2D eigenvalue weighted by atomic mass is 16.5. The minimum Gasteiger partial charge on any atom is -0.449 e. The van der Waals surface area contributed by atoms with Crippen LogP contribution < -0.4 is 5.32 Å². The van der Waals surface area contributed by atoms with Gasteiger partial charge in [0.1, 0.15) is 0 Å². The molecule has 0 radical (unpaired) electrons. The minimum atomic E-state index is -1.06. The van der Waals surface area contributed by atoms with E-state index < -0.39 is 29.8 Å². The summed E-state index contributed by atoms with van der Waals surface area (Å²) >= 11 is 0. The van der Waals surface area contributed by atoms with Crippen molar-refractivity contribution in [3.05, 3.63) is 64.2 Å². The molecule has 0 fully saturated rings. The third kappa shape index (κ3) is 5.12. The molecule has 0 aromatic heterocycles. The summed E-state index contributed by atoms with van der Waals surface area (Å²) in [6.45, 7) is 6.03. The number of methoxy groups -OCH3 is 1. The fourth-order valence-electron chi connectivity index (χ4n) is 3.70. The van der Waals surface area contributed by atoms with Gasteiger partial charge in [-0.1, -0.05) is 25.1 Å². The van der Waals surface area contributed by atoms with E-state index in [2.05, 4.69) is 5.32 Å². The van der Waals surface area contributed by atoms with Crippen LogP contribution in [0.4, 0.5) is 5.69 Å². The number of nitrogens with one attached hydrogen (secondary N) is 1. The van der Waals surface area contributed by atoms with Crippen molar-refractivity contribution in [2.45, 2.75) is 39.7 Å². The van der Waals surface area contributed by atoms with Crippen LogP contribution in [0.1, 0.15) is 62.5 Å². The summed E-state index contributed by atoms with van der Waals surface area (Å²) in [6.07, 6.45) is 0.206. The van der Waals surface area contributed by atoms with Crippen molar-refractivity contribution in [2.75, 3.05) is 25.6 Å². The van der Waals surface area contributed by atoms with Crippen LogP contribution in [-0.2, 0) is 20.7 Å². The summed E-state index contributed by atoms with van der Waals surface area (Å²) in [7, 11) is 1.55. The van der Waals surface area contributed by atoms with E-state index in [1.54, 1.807) is 7.11 Å². The van der Waals surface area contributed by atoms with Gasteiger partial charge in [0.05, 0.1) is 16.7 Å². The van der Waals surface area contributed by atoms with E-state index in [4.69, 9.17) is 9.47 Å². The highest BCUT2D eigenvalue weighted by Crippen LogP contribution is 2.25. The normalized spacial score (nSPS) is 13.6. The number of anilines is 1. The lowest BCUT2D eigenvalue weighted by Crippen LogP contribution is -2.31. The van der Waals surface area contributed by atoms with Crippen LogP contribution in [0.3, 0.4) is 0 Å². The molecule has 1 aliphatic rings. The second-order valence-electron chi connectivity index (χ2n) is 7.87. The van der Waals surface area contributed by atoms with Gasteiger partial charge in [0.2, 0.25) is 0 Å². The van der Waals surface area contributed by atoms with Gasteiger partial charge in [-0.2, -0.15) is 0 Å².